The minimum absolute atomic E-state index is 0.196. The van der Waals surface area contributed by atoms with E-state index in [1.807, 2.05) is 44.2 Å². The summed E-state index contributed by atoms with van der Waals surface area (Å²) in [5.41, 5.74) is 4.45. The molecule has 2 amide bonds. The molecule has 1 aliphatic heterocycles. The summed E-state index contributed by atoms with van der Waals surface area (Å²) in [5, 5.41) is 0. The molecule has 0 N–H and O–H groups in total. The highest BCUT2D eigenvalue weighted by Crippen LogP contribution is 2.38. The van der Waals surface area contributed by atoms with Gasteiger partial charge in [-0.1, -0.05) is 18.2 Å². The zero-order chi connectivity index (χ0) is 29.1. The van der Waals surface area contributed by atoms with E-state index in [0.717, 1.165) is 21.5 Å². The molecule has 4 aromatic rings. The smallest absolute Gasteiger partial charge is 0.252 e. The molecule has 0 radical (unpaired) electrons. The highest BCUT2D eigenvalue weighted by molar-refractivity contribution is 7.89. The van der Waals surface area contributed by atoms with Gasteiger partial charge in [-0.3, -0.25) is 9.59 Å². The number of hydrogen-bond donors (Lipinski definition) is 0. The molecular weight excluding hydrogens is 526 g/mol. The van der Waals surface area contributed by atoms with Crippen molar-refractivity contribution in [1.29, 1.82) is 0 Å². The highest BCUT2D eigenvalue weighted by Gasteiger charge is 2.51. The minimum Gasteiger partial charge on any atom is -0.436 e. The number of sulfonamides is 1. The molecule has 9 heteroatoms. The van der Waals surface area contributed by atoms with Crippen LogP contribution >= 0.6 is 0 Å². The van der Waals surface area contributed by atoms with Gasteiger partial charge in [-0.25, -0.2) is 18.3 Å². The van der Waals surface area contributed by atoms with Crippen LogP contribution in [0.3, 0.4) is 0 Å². The number of benzene rings is 3. The van der Waals surface area contributed by atoms with Crippen molar-refractivity contribution in [3.05, 3.63) is 76.9 Å². The van der Waals surface area contributed by atoms with E-state index in [2.05, 4.69) is 4.98 Å². The zero-order valence-electron chi connectivity index (χ0n) is 23.8. The second kappa shape index (κ2) is 9.67. The summed E-state index contributed by atoms with van der Waals surface area (Å²) in [7, 11) is -4.15. The number of fused-ring (bicyclic) bond motifs is 1. The average Bonchev–Trinajstić information content (AvgIpc) is 3.42. The lowest BCUT2D eigenvalue weighted by Crippen LogP contribution is -2.54. The third kappa shape index (κ3) is 4.53. The van der Waals surface area contributed by atoms with Crippen LogP contribution in [0.4, 0.5) is 5.69 Å². The summed E-state index contributed by atoms with van der Waals surface area (Å²) in [6.45, 7) is 12.5. The van der Waals surface area contributed by atoms with E-state index in [1.165, 1.54) is 4.31 Å². The molecule has 0 aliphatic carbocycles. The standard InChI is InChI=1S/C31H33N3O5S/c1-18-16-19(2)21(4)28(20(18)3)40(37,38)34(31(5,6)7)25-17-27(35)33(30(25)36)23-14-12-22(13-15-23)29-32-24-10-8-9-11-26(24)39-29/h8-16,25H,17H2,1-7H3. The van der Waals surface area contributed by atoms with Gasteiger partial charge in [0, 0.05) is 11.1 Å². The molecule has 1 atom stereocenters. The Kier molecular flexibility index (Phi) is 6.71. The van der Waals surface area contributed by atoms with Crippen molar-refractivity contribution in [2.24, 2.45) is 0 Å². The number of rotatable bonds is 5. The van der Waals surface area contributed by atoms with Crippen molar-refractivity contribution in [1.82, 2.24) is 9.29 Å². The van der Waals surface area contributed by atoms with E-state index in [-0.39, 0.29) is 11.3 Å². The number of oxazole rings is 1. The second-order valence-corrected chi connectivity index (χ2v) is 13.1. The van der Waals surface area contributed by atoms with E-state index in [4.69, 9.17) is 4.42 Å². The molecule has 1 unspecified atom stereocenters. The van der Waals surface area contributed by atoms with Crippen LogP contribution in [-0.4, -0.2) is 41.1 Å². The molecule has 0 saturated carbocycles. The van der Waals surface area contributed by atoms with E-state index >= 15 is 0 Å². The van der Waals surface area contributed by atoms with Gasteiger partial charge in [0.25, 0.3) is 5.91 Å². The van der Waals surface area contributed by atoms with Crippen molar-refractivity contribution >= 4 is 38.6 Å². The largest absolute Gasteiger partial charge is 0.436 e. The fraction of sp³-hybridized carbons (Fsp3) is 0.323. The number of para-hydroxylation sites is 2. The molecule has 1 aliphatic rings. The molecule has 1 fully saturated rings. The fourth-order valence-corrected chi connectivity index (χ4v) is 7.99. The maximum Gasteiger partial charge on any atom is 0.252 e. The van der Waals surface area contributed by atoms with Crippen LogP contribution in [-0.2, 0) is 19.6 Å². The van der Waals surface area contributed by atoms with E-state index in [0.29, 0.717) is 33.9 Å². The maximum absolute atomic E-state index is 14.3. The lowest BCUT2D eigenvalue weighted by Gasteiger charge is -2.38. The fourth-order valence-electron chi connectivity index (χ4n) is 5.48. The molecule has 0 bridgehead atoms. The lowest BCUT2D eigenvalue weighted by molar-refractivity contribution is -0.122. The van der Waals surface area contributed by atoms with Gasteiger partial charge in [0.15, 0.2) is 5.58 Å². The van der Waals surface area contributed by atoms with Crippen LogP contribution in [0.2, 0.25) is 0 Å². The predicted octanol–water partition coefficient (Wildman–Crippen LogP) is 5.85. The molecule has 8 nitrogen and oxygen atoms in total. The molecule has 40 heavy (non-hydrogen) atoms. The Balaban J connectivity index is 1.51. The number of aryl methyl sites for hydroxylation is 2. The van der Waals surface area contributed by atoms with Gasteiger partial charge in [0.05, 0.1) is 17.0 Å². The van der Waals surface area contributed by atoms with Crippen molar-refractivity contribution in [3.8, 4) is 11.5 Å². The summed E-state index contributed by atoms with van der Waals surface area (Å²) in [5.74, 6) is -0.602. The molecule has 208 valence electrons. The zero-order valence-corrected chi connectivity index (χ0v) is 24.6. The number of imide groups is 1. The summed E-state index contributed by atoms with van der Waals surface area (Å²) >= 11 is 0. The van der Waals surface area contributed by atoms with Crippen molar-refractivity contribution in [3.63, 3.8) is 0 Å². The Hall–Kier alpha value is -3.82. The topological polar surface area (TPSA) is 101 Å². The van der Waals surface area contributed by atoms with Gasteiger partial charge in [-0.2, -0.15) is 4.31 Å². The quantitative estimate of drug-likeness (QED) is 0.284. The van der Waals surface area contributed by atoms with Crippen LogP contribution in [0, 0.1) is 27.7 Å². The van der Waals surface area contributed by atoms with Crippen LogP contribution in [0.1, 0.15) is 49.4 Å². The Bertz CT molecular complexity index is 1710. The Morgan fingerprint density at radius 2 is 1.52 bits per heavy atom. The molecular formula is C31H33N3O5S. The van der Waals surface area contributed by atoms with Crippen LogP contribution in [0.25, 0.3) is 22.6 Å². The second-order valence-electron chi connectivity index (χ2n) is 11.4. The van der Waals surface area contributed by atoms with Gasteiger partial charge in [0.1, 0.15) is 11.6 Å². The monoisotopic (exact) mass is 559 g/mol. The van der Waals surface area contributed by atoms with Crippen molar-refractivity contribution in [2.45, 2.75) is 71.4 Å². The molecule has 2 heterocycles. The first-order valence-electron chi connectivity index (χ1n) is 13.2. The molecule has 0 spiro atoms. The molecule has 5 rings (SSSR count). The summed E-state index contributed by atoms with van der Waals surface area (Å²) < 4.78 is 35.7. The van der Waals surface area contributed by atoms with Crippen LogP contribution in [0.5, 0.6) is 0 Å². The van der Waals surface area contributed by atoms with Crippen LogP contribution < -0.4 is 4.90 Å². The first-order chi connectivity index (χ1) is 18.7. The van der Waals surface area contributed by atoms with Crippen molar-refractivity contribution < 1.29 is 22.4 Å². The number of carbonyl (C=O) groups is 2. The van der Waals surface area contributed by atoms with Gasteiger partial charge in [0.2, 0.25) is 21.8 Å². The van der Waals surface area contributed by atoms with E-state index < -0.39 is 33.4 Å². The summed E-state index contributed by atoms with van der Waals surface area (Å²) in [6.07, 6.45) is -0.245. The number of aromatic nitrogens is 1. The Labute approximate surface area is 234 Å². The number of carbonyl (C=O) groups excluding carboxylic acids is 2. The molecule has 1 aromatic heterocycles. The average molecular weight is 560 g/mol. The summed E-state index contributed by atoms with van der Waals surface area (Å²) in [6, 6.07) is 15.0. The highest BCUT2D eigenvalue weighted by atomic mass is 32.2. The van der Waals surface area contributed by atoms with E-state index in [9.17, 15) is 18.0 Å². The lowest BCUT2D eigenvalue weighted by atomic mass is 10.0. The normalized spacial score (nSPS) is 16.5. The third-order valence-corrected chi connectivity index (χ3v) is 10.00. The van der Waals surface area contributed by atoms with Gasteiger partial charge in [-0.15, -0.1) is 0 Å². The number of hydrogen-bond acceptors (Lipinski definition) is 6. The molecule has 1 saturated heterocycles. The van der Waals surface area contributed by atoms with Crippen molar-refractivity contribution in [2.75, 3.05) is 4.90 Å². The first-order valence-corrected chi connectivity index (χ1v) is 14.6. The van der Waals surface area contributed by atoms with Crippen LogP contribution in [0.15, 0.2) is 63.9 Å². The number of anilines is 1. The van der Waals surface area contributed by atoms with E-state index in [1.54, 1.807) is 58.9 Å². The van der Waals surface area contributed by atoms with Gasteiger partial charge < -0.3 is 4.42 Å². The van der Waals surface area contributed by atoms with Gasteiger partial charge >= 0.3 is 0 Å². The molecule has 3 aromatic carbocycles. The Morgan fingerprint density at radius 1 is 0.925 bits per heavy atom. The SMILES string of the molecule is Cc1cc(C)c(C)c(S(=O)(=O)N(C2CC(=O)N(c3ccc(-c4nc5ccccc5o4)cc3)C2=O)C(C)(C)C)c1C. The Morgan fingerprint density at radius 3 is 2.10 bits per heavy atom. The maximum atomic E-state index is 14.3. The predicted molar refractivity (Wildman–Crippen MR) is 155 cm³/mol. The third-order valence-electron chi connectivity index (χ3n) is 7.55. The number of nitrogens with zero attached hydrogens (tertiary/aromatic N) is 3. The van der Waals surface area contributed by atoms with Gasteiger partial charge in [-0.05, 0) is 107 Å². The summed E-state index contributed by atoms with van der Waals surface area (Å²) in [4.78, 5) is 32.9. The first kappa shape index (κ1) is 27.7. The number of amides is 2. The minimum atomic E-state index is -4.15.